The number of amides is 1. The molecule has 1 fully saturated rings. The van der Waals surface area contributed by atoms with Crippen LogP contribution in [-0.4, -0.2) is 12.6 Å². The molecule has 1 atom stereocenters. The predicted octanol–water partition coefficient (Wildman–Crippen LogP) is 1.89. The molecule has 1 saturated heterocycles. The summed E-state index contributed by atoms with van der Waals surface area (Å²) in [5.74, 6) is 0. The van der Waals surface area contributed by atoms with E-state index in [-0.39, 0.29) is 24.6 Å². The second-order valence-electron chi connectivity index (χ2n) is 2.69. The van der Waals surface area contributed by atoms with Crippen LogP contribution in [-0.2, 0) is 4.74 Å². The minimum Gasteiger partial charge on any atom is -0.439 e. The van der Waals surface area contributed by atoms with Crippen molar-refractivity contribution >= 4 is 18.5 Å². The minimum atomic E-state index is -0.330. The first-order valence-electron chi connectivity index (χ1n) is 3.86. The van der Waals surface area contributed by atoms with E-state index in [1.54, 1.807) is 0 Å². The molecule has 4 heteroatoms. The SMILES string of the molecule is Cl.O=C1NCC(c2ccccc2)O1. The molecule has 0 aromatic heterocycles. The highest BCUT2D eigenvalue weighted by molar-refractivity contribution is 5.85. The number of nitrogens with one attached hydrogen (secondary N) is 1. The van der Waals surface area contributed by atoms with Gasteiger partial charge in [-0.2, -0.15) is 0 Å². The molecular formula is C9H10ClNO2. The molecule has 1 aliphatic heterocycles. The molecule has 0 radical (unpaired) electrons. The molecule has 2 rings (SSSR count). The molecule has 0 aliphatic carbocycles. The zero-order chi connectivity index (χ0) is 8.39. The maximum absolute atomic E-state index is 10.7. The predicted molar refractivity (Wildman–Crippen MR) is 50.9 cm³/mol. The lowest BCUT2D eigenvalue weighted by Crippen LogP contribution is -2.12. The third kappa shape index (κ3) is 2.12. The molecule has 1 unspecified atom stereocenters. The summed E-state index contributed by atoms with van der Waals surface area (Å²) in [6, 6.07) is 9.70. The van der Waals surface area contributed by atoms with Crippen LogP contribution in [0, 0.1) is 0 Å². The number of carbonyl (C=O) groups excluding carboxylic acids is 1. The van der Waals surface area contributed by atoms with Crippen molar-refractivity contribution in [3.8, 4) is 0 Å². The van der Waals surface area contributed by atoms with Crippen LogP contribution in [0.15, 0.2) is 30.3 Å². The maximum Gasteiger partial charge on any atom is 0.407 e. The number of hydrogen-bond donors (Lipinski definition) is 1. The summed E-state index contributed by atoms with van der Waals surface area (Å²) in [5.41, 5.74) is 1.04. The number of benzene rings is 1. The second-order valence-corrected chi connectivity index (χ2v) is 2.69. The van der Waals surface area contributed by atoms with E-state index in [0.29, 0.717) is 6.54 Å². The molecule has 0 bridgehead atoms. The van der Waals surface area contributed by atoms with Crippen LogP contribution in [0.1, 0.15) is 11.7 Å². The maximum atomic E-state index is 10.7. The Morgan fingerprint density at radius 3 is 2.54 bits per heavy atom. The lowest BCUT2D eigenvalue weighted by molar-refractivity contribution is 0.141. The molecule has 1 heterocycles. The smallest absolute Gasteiger partial charge is 0.407 e. The van der Waals surface area contributed by atoms with Gasteiger partial charge >= 0.3 is 6.09 Å². The number of cyclic esters (lactones) is 1. The van der Waals surface area contributed by atoms with Gasteiger partial charge in [-0.25, -0.2) is 4.79 Å². The highest BCUT2D eigenvalue weighted by Gasteiger charge is 2.23. The minimum absolute atomic E-state index is 0. The van der Waals surface area contributed by atoms with Gasteiger partial charge in [0, 0.05) is 0 Å². The number of halogens is 1. The van der Waals surface area contributed by atoms with Crippen LogP contribution in [0.25, 0.3) is 0 Å². The molecule has 13 heavy (non-hydrogen) atoms. The van der Waals surface area contributed by atoms with Crippen LogP contribution in [0.3, 0.4) is 0 Å². The topological polar surface area (TPSA) is 38.3 Å². The first kappa shape index (κ1) is 9.86. The molecule has 1 aliphatic rings. The van der Waals surface area contributed by atoms with Gasteiger partial charge in [0.1, 0.15) is 6.10 Å². The van der Waals surface area contributed by atoms with Gasteiger partial charge in [-0.05, 0) is 5.56 Å². The van der Waals surface area contributed by atoms with Crippen molar-refractivity contribution in [3.63, 3.8) is 0 Å². The number of carbonyl (C=O) groups is 1. The van der Waals surface area contributed by atoms with Gasteiger partial charge in [-0.1, -0.05) is 30.3 Å². The van der Waals surface area contributed by atoms with Crippen LogP contribution in [0.2, 0.25) is 0 Å². The molecule has 0 saturated carbocycles. The summed E-state index contributed by atoms with van der Waals surface area (Å²) in [6.07, 6.45) is -0.442. The second kappa shape index (κ2) is 4.14. The zero-order valence-electron chi connectivity index (χ0n) is 6.90. The Labute approximate surface area is 82.5 Å². The van der Waals surface area contributed by atoms with Crippen molar-refractivity contribution < 1.29 is 9.53 Å². The molecule has 1 aromatic carbocycles. The summed E-state index contributed by atoms with van der Waals surface area (Å²) in [5, 5.41) is 2.61. The van der Waals surface area contributed by atoms with E-state index in [2.05, 4.69) is 5.32 Å². The molecule has 1 aromatic rings. The van der Waals surface area contributed by atoms with Gasteiger partial charge in [-0.15, -0.1) is 12.4 Å². The van der Waals surface area contributed by atoms with Gasteiger partial charge in [0.05, 0.1) is 6.54 Å². The van der Waals surface area contributed by atoms with Crippen LogP contribution in [0.4, 0.5) is 4.79 Å². The monoisotopic (exact) mass is 199 g/mol. The normalized spacial score (nSPS) is 20.0. The van der Waals surface area contributed by atoms with Crippen molar-refractivity contribution in [2.75, 3.05) is 6.54 Å². The average molecular weight is 200 g/mol. The fourth-order valence-corrected chi connectivity index (χ4v) is 1.24. The van der Waals surface area contributed by atoms with Gasteiger partial charge < -0.3 is 10.1 Å². The highest BCUT2D eigenvalue weighted by atomic mass is 35.5. The molecule has 0 spiro atoms. The lowest BCUT2D eigenvalue weighted by Gasteiger charge is -2.06. The Balaban J connectivity index is 0.000000845. The zero-order valence-corrected chi connectivity index (χ0v) is 7.71. The van der Waals surface area contributed by atoms with Gasteiger partial charge in [0.15, 0.2) is 0 Å². The van der Waals surface area contributed by atoms with E-state index < -0.39 is 0 Å². The van der Waals surface area contributed by atoms with Crippen molar-refractivity contribution in [2.24, 2.45) is 0 Å². The highest BCUT2D eigenvalue weighted by Crippen LogP contribution is 2.19. The number of rotatable bonds is 1. The van der Waals surface area contributed by atoms with Crippen LogP contribution < -0.4 is 5.32 Å². The van der Waals surface area contributed by atoms with Crippen molar-refractivity contribution in [2.45, 2.75) is 6.10 Å². The fraction of sp³-hybridized carbons (Fsp3) is 0.222. The van der Waals surface area contributed by atoms with E-state index in [1.807, 2.05) is 30.3 Å². The van der Waals surface area contributed by atoms with E-state index in [1.165, 1.54) is 0 Å². The Bertz CT molecular complexity index is 289. The van der Waals surface area contributed by atoms with Crippen molar-refractivity contribution in [1.29, 1.82) is 0 Å². The van der Waals surface area contributed by atoms with E-state index >= 15 is 0 Å². The molecule has 70 valence electrons. The lowest BCUT2D eigenvalue weighted by atomic mass is 10.1. The average Bonchev–Trinajstić information content (AvgIpc) is 2.54. The first-order chi connectivity index (χ1) is 5.86. The summed E-state index contributed by atoms with van der Waals surface area (Å²) in [4.78, 5) is 10.7. The molecule has 1 amide bonds. The van der Waals surface area contributed by atoms with Crippen LogP contribution in [0.5, 0.6) is 0 Å². The number of ether oxygens (including phenoxy) is 1. The van der Waals surface area contributed by atoms with E-state index in [4.69, 9.17) is 4.74 Å². The summed E-state index contributed by atoms with van der Waals surface area (Å²) in [6.45, 7) is 0.572. The third-order valence-electron chi connectivity index (χ3n) is 1.85. The summed E-state index contributed by atoms with van der Waals surface area (Å²) < 4.78 is 5.00. The number of alkyl carbamates (subject to hydrolysis) is 1. The molecule has 3 nitrogen and oxygen atoms in total. The van der Waals surface area contributed by atoms with Crippen molar-refractivity contribution in [1.82, 2.24) is 5.32 Å². The quantitative estimate of drug-likeness (QED) is 0.750. The standard InChI is InChI=1S/C9H9NO2.ClH/c11-9-10-6-8(12-9)7-4-2-1-3-5-7;/h1-5,8H,6H2,(H,10,11);1H. The fourth-order valence-electron chi connectivity index (χ4n) is 1.24. The Hall–Kier alpha value is -1.22. The first-order valence-corrected chi connectivity index (χ1v) is 3.86. The Morgan fingerprint density at radius 1 is 1.31 bits per heavy atom. The third-order valence-corrected chi connectivity index (χ3v) is 1.85. The molecule has 1 N–H and O–H groups in total. The summed E-state index contributed by atoms with van der Waals surface area (Å²) in [7, 11) is 0. The Morgan fingerprint density at radius 2 is 2.00 bits per heavy atom. The Kier molecular flexibility index (Phi) is 3.14. The number of hydrogen-bond acceptors (Lipinski definition) is 2. The largest absolute Gasteiger partial charge is 0.439 e. The van der Waals surface area contributed by atoms with Gasteiger partial charge in [0.2, 0.25) is 0 Å². The van der Waals surface area contributed by atoms with Gasteiger partial charge in [0.25, 0.3) is 0 Å². The van der Waals surface area contributed by atoms with E-state index in [9.17, 15) is 4.79 Å². The van der Waals surface area contributed by atoms with Crippen LogP contribution >= 0.6 is 12.4 Å². The van der Waals surface area contributed by atoms with Crippen molar-refractivity contribution in [3.05, 3.63) is 35.9 Å². The molecular weight excluding hydrogens is 190 g/mol. The van der Waals surface area contributed by atoms with Gasteiger partial charge in [-0.3, -0.25) is 0 Å². The summed E-state index contributed by atoms with van der Waals surface area (Å²) >= 11 is 0. The van der Waals surface area contributed by atoms with E-state index in [0.717, 1.165) is 5.56 Å².